The molecule has 2 aliphatic heterocycles. The van der Waals surface area contributed by atoms with Crippen LogP contribution in [0.25, 0.3) is 0 Å². The van der Waals surface area contributed by atoms with Crippen LogP contribution in [0.3, 0.4) is 0 Å². The van der Waals surface area contributed by atoms with Gasteiger partial charge in [-0.2, -0.15) is 0 Å². The molecule has 1 aromatic carbocycles. The predicted molar refractivity (Wildman–Crippen MR) is 126 cm³/mol. The van der Waals surface area contributed by atoms with Gasteiger partial charge < -0.3 is 13.7 Å². The monoisotopic (exact) mass is 452 g/mol. The molecule has 6 nitrogen and oxygen atoms in total. The summed E-state index contributed by atoms with van der Waals surface area (Å²) in [5.74, 6) is 4.57. The first-order valence-electron chi connectivity index (χ1n) is 11.7. The zero-order valence-corrected chi connectivity index (χ0v) is 19.6. The molecule has 3 aromatic rings. The molecule has 2 saturated heterocycles. The highest BCUT2D eigenvalue weighted by molar-refractivity contribution is 7.99. The molecule has 4 heterocycles. The first-order valence-corrected chi connectivity index (χ1v) is 12.7. The lowest BCUT2D eigenvalue weighted by atomic mass is 9.95. The van der Waals surface area contributed by atoms with Gasteiger partial charge in [-0.05, 0) is 63.4 Å². The Kier molecular flexibility index (Phi) is 6.95. The Balaban J connectivity index is 1.28. The van der Waals surface area contributed by atoms with Crippen molar-refractivity contribution in [3.05, 3.63) is 65.4 Å². The number of hydrogen-bond donors (Lipinski definition) is 0. The van der Waals surface area contributed by atoms with E-state index in [4.69, 9.17) is 14.3 Å². The molecule has 0 amide bonds. The highest BCUT2D eigenvalue weighted by Gasteiger charge is 2.27. The lowest BCUT2D eigenvalue weighted by Gasteiger charge is -2.31. The highest BCUT2D eigenvalue weighted by Crippen LogP contribution is 2.31. The molecule has 0 aliphatic carbocycles. The molecule has 0 saturated carbocycles. The Morgan fingerprint density at radius 1 is 1.00 bits per heavy atom. The van der Waals surface area contributed by atoms with Gasteiger partial charge in [0.1, 0.15) is 17.3 Å². The fourth-order valence-electron chi connectivity index (χ4n) is 4.71. The Morgan fingerprint density at radius 3 is 2.56 bits per heavy atom. The smallest absolute Gasteiger partial charge is 0.191 e. The molecule has 2 fully saturated rings. The normalized spacial score (nSPS) is 20.2. The summed E-state index contributed by atoms with van der Waals surface area (Å²) < 4.78 is 14.0. The SMILES string of the molecule is Cc1ccc(CN2CCC(c3nnc(SC[C@@H]4CCCO4)n3Cc3ccccc3)CC2)o1. The second kappa shape index (κ2) is 10.2. The van der Waals surface area contributed by atoms with Crippen LogP contribution in [-0.4, -0.2) is 51.2 Å². The minimum absolute atomic E-state index is 0.346. The maximum atomic E-state index is 5.83. The largest absolute Gasteiger partial charge is 0.465 e. The van der Waals surface area contributed by atoms with Gasteiger partial charge in [-0.25, -0.2) is 0 Å². The lowest BCUT2D eigenvalue weighted by molar-refractivity contribution is 0.129. The summed E-state index contributed by atoms with van der Waals surface area (Å²) in [6.07, 6.45) is 4.87. The summed E-state index contributed by atoms with van der Waals surface area (Å²) in [5.41, 5.74) is 1.29. The van der Waals surface area contributed by atoms with Crippen LogP contribution in [-0.2, 0) is 17.8 Å². The number of likely N-dealkylation sites (tertiary alicyclic amines) is 1. The molecule has 7 heteroatoms. The van der Waals surface area contributed by atoms with Gasteiger partial charge in [0.15, 0.2) is 5.16 Å². The molecule has 5 rings (SSSR count). The van der Waals surface area contributed by atoms with E-state index >= 15 is 0 Å². The number of aryl methyl sites for hydroxylation is 1. The number of thioether (sulfide) groups is 1. The summed E-state index contributed by atoms with van der Waals surface area (Å²) in [6.45, 7) is 6.72. The summed E-state index contributed by atoms with van der Waals surface area (Å²) in [7, 11) is 0. The van der Waals surface area contributed by atoms with Gasteiger partial charge in [-0.15, -0.1) is 10.2 Å². The second-order valence-electron chi connectivity index (χ2n) is 8.92. The summed E-state index contributed by atoms with van der Waals surface area (Å²) >= 11 is 1.79. The average Bonchev–Trinajstić information content (AvgIpc) is 3.56. The van der Waals surface area contributed by atoms with E-state index in [9.17, 15) is 0 Å². The molecule has 32 heavy (non-hydrogen) atoms. The van der Waals surface area contributed by atoms with E-state index in [2.05, 4.69) is 51.0 Å². The first-order chi connectivity index (χ1) is 15.7. The van der Waals surface area contributed by atoms with E-state index in [1.807, 2.05) is 13.0 Å². The Bertz CT molecular complexity index is 989. The molecule has 1 atom stereocenters. The maximum absolute atomic E-state index is 5.83. The van der Waals surface area contributed by atoms with Crippen LogP contribution in [0, 0.1) is 6.92 Å². The van der Waals surface area contributed by atoms with Gasteiger partial charge in [0.2, 0.25) is 0 Å². The van der Waals surface area contributed by atoms with E-state index in [0.717, 1.165) is 80.3 Å². The minimum Gasteiger partial charge on any atom is -0.465 e. The number of hydrogen-bond acceptors (Lipinski definition) is 6. The summed E-state index contributed by atoms with van der Waals surface area (Å²) in [6, 6.07) is 14.8. The van der Waals surface area contributed by atoms with Crippen LogP contribution in [0.5, 0.6) is 0 Å². The van der Waals surface area contributed by atoms with E-state index in [0.29, 0.717) is 12.0 Å². The van der Waals surface area contributed by atoms with Gasteiger partial charge in [0.25, 0.3) is 0 Å². The number of furan rings is 1. The fourth-order valence-corrected chi connectivity index (χ4v) is 5.72. The van der Waals surface area contributed by atoms with Crippen molar-refractivity contribution in [1.82, 2.24) is 19.7 Å². The van der Waals surface area contributed by atoms with Gasteiger partial charge >= 0.3 is 0 Å². The van der Waals surface area contributed by atoms with Crippen molar-refractivity contribution in [2.75, 3.05) is 25.4 Å². The van der Waals surface area contributed by atoms with Gasteiger partial charge in [-0.1, -0.05) is 42.1 Å². The third-order valence-corrected chi connectivity index (χ3v) is 7.58. The van der Waals surface area contributed by atoms with Gasteiger partial charge in [0.05, 0.1) is 19.2 Å². The maximum Gasteiger partial charge on any atom is 0.191 e. The van der Waals surface area contributed by atoms with Crippen molar-refractivity contribution in [1.29, 1.82) is 0 Å². The quantitative estimate of drug-likeness (QED) is 0.454. The fraction of sp³-hybridized carbons (Fsp3) is 0.520. The third kappa shape index (κ3) is 5.27. The number of rotatable bonds is 8. The third-order valence-electron chi connectivity index (χ3n) is 6.48. The predicted octanol–water partition coefficient (Wildman–Crippen LogP) is 4.88. The number of benzene rings is 1. The zero-order chi connectivity index (χ0) is 21.8. The van der Waals surface area contributed by atoms with Crippen molar-refractivity contribution < 1.29 is 9.15 Å². The van der Waals surface area contributed by atoms with Crippen molar-refractivity contribution >= 4 is 11.8 Å². The molecule has 2 aliphatic rings. The second-order valence-corrected chi connectivity index (χ2v) is 9.91. The molecule has 0 spiro atoms. The molecule has 0 bridgehead atoms. The zero-order valence-electron chi connectivity index (χ0n) is 18.8. The highest BCUT2D eigenvalue weighted by atomic mass is 32.2. The number of aromatic nitrogens is 3. The summed E-state index contributed by atoms with van der Waals surface area (Å²) in [4.78, 5) is 2.49. The van der Waals surface area contributed by atoms with Crippen molar-refractivity contribution in [3.63, 3.8) is 0 Å². The van der Waals surface area contributed by atoms with E-state index in [1.54, 1.807) is 11.8 Å². The molecular weight excluding hydrogens is 420 g/mol. The average molecular weight is 453 g/mol. The summed E-state index contributed by atoms with van der Waals surface area (Å²) in [5, 5.41) is 10.4. The molecule has 2 aromatic heterocycles. The number of ether oxygens (including phenoxy) is 1. The molecule has 0 unspecified atom stereocenters. The standard InChI is InChI=1S/C25H32N4O2S/c1-19-9-10-22(31-19)17-28-13-11-21(12-14-28)24-26-27-25(32-18-23-8-5-15-30-23)29(24)16-20-6-3-2-4-7-20/h2-4,6-7,9-10,21,23H,5,8,11-18H2,1H3/t23-/m0/s1. The van der Waals surface area contributed by atoms with E-state index in [1.165, 1.54) is 12.0 Å². The van der Waals surface area contributed by atoms with Crippen LogP contribution in [0.4, 0.5) is 0 Å². The Hall–Kier alpha value is -2.09. The Morgan fingerprint density at radius 2 is 1.84 bits per heavy atom. The van der Waals surface area contributed by atoms with Gasteiger partial charge in [-0.3, -0.25) is 4.90 Å². The van der Waals surface area contributed by atoms with Crippen LogP contribution >= 0.6 is 11.8 Å². The van der Waals surface area contributed by atoms with Crippen LogP contribution in [0.2, 0.25) is 0 Å². The first kappa shape index (κ1) is 21.7. The van der Waals surface area contributed by atoms with E-state index < -0.39 is 0 Å². The minimum atomic E-state index is 0.346. The molecule has 0 radical (unpaired) electrons. The van der Waals surface area contributed by atoms with Crippen LogP contribution < -0.4 is 0 Å². The Labute approximate surface area is 194 Å². The van der Waals surface area contributed by atoms with Crippen LogP contribution in [0.1, 0.15) is 54.5 Å². The van der Waals surface area contributed by atoms with E-state index in [-0.39, 0.29) is 0 Å². The number of piperidine rings is 1. The molecule has 0 N–H and O–H groups in total. The van der Waals surface area contributed by atoms with Gasteiger partial charge in [0, 0.05) is 18.3 Å². The molecule has 170 valence electrons. The van der Waals surface area contributed by atoms with Crippen molar-refractivity contribution in [3.8, 4) is 0 Å². The molecular formula is C25H32N4O2S. The topological polar surface area (TPSA) is 56.3 Å². The van der Waals surface area contributed by atoms with Crippen molar-refractivity contribution in [2.45, 2.75) is 62.9 Å². The van der Waals surface area contributed by atoms with Crippen molar-refractivity contribution in [2.24, 2.45) is 0 Å². The lowest BCUT2D eigenvalue weighted by Crippen LogP contribution is -2.33. The van der Waals surface area contributed by atoms with Crippen LogP contribution in [0.15, 0.2) is 52.0 Å². The number of nitrogens with zero attached hydrogens (tertiary/aromatic N) is 4.